The van der Waals surface area contributed by atoms with Crippen LogP contribution in [-0.2, 0) is 12.8 Å². The molecule has 1 rings (SSSR count). The van der Waals surface area contributed by atoms with Gasteiger partial charge in [0, 0.05) is 0 Å². The van der Waals surface area contributed by atoms with Crippen molar-refractivity contribution in [3.05, 3.63) is 47.5 Å². The highest BCUT2D eigenvalue weighted by atomic mass is 14.1. The first kappa shape index (κ1) is 13.0. The molecule has 0 saturated heterocycles. The zero-order valence-electron chi connectivity index (χ0n) is 9.98. The largest absolute Gasteiger partial charge is 0.106 e. The molecule has 0 radical (unpaired) electrons. The predicted octanol–water partition coefficient (Wildman–Crippen LogP) is 4.23. The monoisotopic (exact) mass is 190 g/mol. The van der Waals surface area contributed by atoms with E-state index >= 15 is 0 Å². The maximum Gasteiger partial charge on any atom is -0.0302 e. The van der Waals surface area contributed by atoms with Gasteiger partial charge in [-0.25, -0.2) is 0 Å². The summed E-state index contributed by atoms with van der Waals surface area (Å²) >= 11 is 0. The summed E-state index contributed by atoms with van der Waals surface area (Å²) in [6.45, 7) is 14.9. The van der Waals surface area contributed by atoms with Crippen LogP contribution in [0.4, 0.5) is 0 Å². The van der Waals surface area contributed by atoms with E-state index in [1.165, 1.54) is 16.7 Å². The summed E-state index contributed by atoms with van der Waals surface area (Å²) in [5, 5.41) is 0. The standard InChI is InChI=1S/C12H18.C2H4/c1-5-11-8-7-9(3)10(4)12(11)6-2;1-2/h7-8H,5-6H2,1-4H3;1-2H2. The molecule has 0 atom stereocenters. The van der Waals surface area contributed by atoms with Crippen LogP contribution in [0.15, 0.2) is 25.3 Å². The maximum absolute atomic E-state index is 3.00. The van der Waals surface area contributed by atoms with Crippen molar-refractivity contribution in [2.24, 2.45) is 0 Å². The molecular formula is C14H22. The van der Waals surface area contributed by atoms with Gasteiger partial charge in [0.1, 0.15) is 0 Å². The van der Waals surface area contributed by atoms with Crippen molar-refractivity contribution in [2.75, 3.05) is 0 Å². The molecule has 0 unspecified atom stereocenters. The van der Waals surface area contributed by atoms with Gasteiger partial charge in [0.05, 0.1) is 0 Å². The minimum absolute atomic E-state index is 1.16. The molecule has 0 bridgehead atoms. The fraction of sp³-hybridized carbons (Fsp3) is 0.429. The van der Waals surface area contributed by atoms with E-state index in [0.717, 1.165) is 12.8 Å². The lowest BCUT2D eigenvalue weighted by Crippen LogP contribution is -1.96. The Balaban J connectivity index is 0.000000791. The van der Waals surface area contributed by atoms with Crippen molar-refractivity contribution in [1.29, 1.82) is 0 Å². The average molecular weight is 190 g/mol. The number of hydrogen-bond donors (Lipinski definition) is 0. The van der Waals surface area contributed by atoms with E-state index in [-0.39, 0.29) is 0 Å². The van der Waals surface area contributed by atoms with Crippen LogP contribution in [0.3, 0.4) is 0 Å². The van der Waals surface area contributed by atoms with Gasteiger partial charge in [-0.3, -0.25) is 0 Å². The van der Waals surface area contributed by atoms with Gasteiger partial charge >= 0.3 is 0 Å². The van der Waals surface area contributed by atoms with E-state index in [4.69, 9.17) is 0 Å². The Hall–Kier alpha value is -1.04. The second-order valence-electron chi connectivity index (χ2n) is 3.35. The van der Waals surface area contributed by atoms with Gasteiger partial charge in [-0.1, -0.05) is 26.0 Å². The van der Waals surface area contributed by atoms with Gasteiger partial charge < -0.3 is 0 Å². The van der Waals surface area contributed by atoms with Gasteiger partial charge in [-0.05, 0) is 48.9 Å². The molecule has 1 aromatic rings. The van der Waals surface area contributed by atoms with Crippen molar-refractivity contribution < 1.29 is 0 Å². The van der Waals surface area contributed by atoms with Crippen LogP contribution in [0.5, 0.6) is 0 Å². The number of aryl methyl sites for hydroxylation is 2. The zero-order chi connectivity index (χ0) is 11.1. The summed E-state index contributed by atoms with van der Waals surface area (Å²) in [6, 6.07) is 4.49. The summed E-state index contributed by atoms with van der Waals surface area (Å²) < 4.78 is 0. The van der Waals surface area contributed by atoms with Crippen molar-refractivity contribution in [1.82, 2.24) is 0 Å². The third-order valence-corrected chi connectivity index (χ3v) is 2.70. The van der Waals surface area contributed by atoms with Gasteiger partial charge in [0.25, 0.3) is 0 Å². The van der Waals surface area contributed by atoms with Crippen LogP contribution in [0.2, 0.25) is 0 Å². The molecule has 0 saturated carbocycles. The van der Waals surface area contributed by atoms with Gasteiger partial charge in [0.2, 0.25) is 0 Å². The van der Waals surface area contributed by atoms with Crippen LogP contribution in [0.1, 0.15) is 36.1 Å². The number of hydrogen-bond acceptors (Lipinski definition) is 0. The highest BCUT2D eigenvalue weighted by Gasteiger charge is 2.03. The van der Waals surface area contributed by atoms with E-state index in [9.17, 15) is 0 Å². The molecule has 0 fully saturated rings. The third kappa shape index (κ3) is 2.73. The van der Waals surface area contributed by atoms with E-state index in [1.807, 2.05) is 0 Å². The lowest BCUT2D eigenvalue weighted by molar-refractivity contribution is 1.01. The van der Waals surface area contributed by atoms with Crippen LogP contribution in [0, 0.1) is 13.8 Å². The Kier molecular flexibility index (Phi) is 5.94. The van der Waals surface area contributed by atoms with Gasteiger partial charge in [0.15, 0.2) is 0 Å². The average Bonchev–Trinajstić information content (AvgIpc) is 2.24. The first-order valence-electron chi connectivity index (χ1n) is 5.28. The zero-order valence-corrected chi connectivity index (χ0v) is 9.98. The molecule has 0 N–H and O–H groups in total. The van der Waals surface area contributed by atoms with Crippen molar-refractivity contribution in [3.8, 4) is 0 Å². The maximum atomic E-state index is 3.00. The van der Waals surface area contributed by atoms with E-state index in [2.05, 4.69) is 53.0 Å². The molecule has 1 aromatic carbocycles. The molecule has 0 aliphatic carbocycles. The summed E-state index contributed by atoms with van der Waals surface area (Å²) in [4.78, 5) is 0. The second kappa shape index (κ2) is 6.42. The van der Waals surface area contributed by atoms with Gasteiger partial charge in [-0.15, -0.1) is 13.2 Å². The third-order valence-electron chi connectivity index (χ3n) is 2.70. The SMILES string of the molecule is C=C.CCc1ccc(C)c(C)c1CC. The summed E-state index contributed by atoms with van der Waals surface area (Å²) in [5.41, 5.74) is 5.97. The fourth-order valence-electron chi connectivity index (χ4n) is 1.75. The van der Waals surface area contributed by atoms with Crippen molar-refractivity contribution in [2.45, 2.75) is 40.5 Å². The Morgan fingerprint density at radius 2 is 1.57 bits per heavy atom. The second-order valence-corrected chi connectivity index (χ2v) is 3.35. The highest BCUT2D eigenvalue weighted by molar-refractivity contribution is 5.39. The number of benzene rings is 1. The predicted molar refractivity (Wildman–Crippen MR) is 65.9 cm³/mol. The fourth-order valence-corrected chi connectivity index (χ4v) is 1.75. The molecule has 0 aliphatic rings. The Morgan fingerprint density at radius 1 is 1.00 bits per heavy atom. The summed E-state index contributed by atoms with van der Waals surface area (Å²) in [6.07, 6.45) is 2.32. The lowest BCUT2D eigenvalue weighted by atomic mass is 9.95. The molecular weight excluding hydrogens is 168 g/mol. The van der Waals surface area contributed by atoms with Crippen LogP contribution in [0.25, 0.3) is 0 Å². The summed E-state index contributed by atoms with van der Waals surface area (Å²) in [5.74, 6) is 0. The molecule has 14 heavy (non-hydrogen) atoms. The molecule has 0 aromatic heterocycles. The Morgan fingerprint density at radius 3 is 2.00 bits per heavy atom. The Labute approximate surface area is 88.7 Å². The smallest absolute Gasteiger partial charge is 0.0302 e. The van der Waals surface area contributed by atoms with E-state index in [1.54, 1.807) is 5.56 Å². The van der Waals surface area contributed by atoms with Crippen LogP contribution < -0.4 is 0 Å². The lowest BCUT2D eigenvalue weighted by Gasteiger charge is -2.11. The molecule has 0 amide bonds. The van der Waals surface area contributed by atoms with Crippen molar-refractivity contribution in [3.63, 3.8) is 0 Å². The van der Waals surface area contributed by atoms with Gasteiger partial charge in [-0.2, -0.15) is 0 Å². The molecule has 0 aliphatic heterocycles. The molecule has 0 heterocycles. The molecule has 0 nitrogen and oxygen atoms in total. The molecule has 78 valence electrons. The topological polar surface area (TPSA) is 0 Å². The minimum atomic E-state index is 1.16. The van der Waals surface area contributed by atoms with E-state index in [0.29, 0.717) is 0 Å². The first-order valence-corrected chi connectivity index (χ1v) is 5.28. The van der Waals surface area contributed by atoms with Crippen LogP contribution in [-0.4, -0.2) is 0 Å². The molecule has 0 spiro atoms. The quantitative estimate of drug-likeness (QED) is 0.612. The highest BCUT2D eigenvalue weighted by Crippen LogP contribution is 2.18. The summed E-state index contributed by atoms with van der Waals surface area (Å²) in [7, 11) is 0. The van der Waals surface area contributed by atoms with Crippen molar-refractivity contribution >= 4 is 0 Å². The first-order chi connectivity index (χ1) is 6.70. The van der Waals surface area contributed by atoms with Crippen LogP contribution >= 0.6 is 0 Å². The van der Waals surface area contributed by atoms with E-state index < -0.39 is 0 Å². The minimum Gasteiger partial charge on any atom is -0.106 e. The molecule has 0 heteroatoms. The number of rotatable bonds is 2. The Bertz CT molecular complexity index is 284. The normalized spacial score (nSPS) is 9.14.